The Bertz CT molecular complexity index is 476. The third-order valence-corrected chi connectivity index (χ3v) is 3.44. The van der Waals surface area contributed by atoms with Crippen molar-refractivity contribution >= 4 is 29.9 Å². The highest BCUT2D eigenvalue weighted by molar-refractivity contribution is 14.0. The Labute approximate surface area is 142 Å². The molecule has 0 atom stereocenters. The maximum Gasteiger partial charge on any atom is 0.221 e. The topological polar surface area (TPSA) is 81.8 Å². The molecule has 0 saturated heterocycles. The van der Waals surface area contributed by atoms with Crippen LogP contribution in [0.15, 0.2) is 17.1 Å². The first kappa shape index (κ1) is 17.8. The van der Waals surface area contributed by atoms with Gasteiger partial charge in [0, 0.05) is 17.7 Å². The van der Waals surface area contributed by atoms with E-state index >= 15 is 0 Å². The summed E-state index contributed by atoms with van der Waals surface area (Å²) in [6.07, 6.45) is 4.87. The molecule has 0 aliphatic heterocycles. The molecule has 118 valence electrons. The predicted octanol–water partition coefficient (Wildman–Crippen LogP) is 2.06. The van der Waals surface area contributed by atoms with Crippen LogP contribution in [0, 0.1) is 0 Å². The molecule has 21 heavy (non-hydrogen) atoms. The van der Waals surface area contributed by atoms with Crippen LogP contribution in [-0.4, -0.2) is 31.2 Å². The second kappa shape index (κ2) is 8.91. The predicted molar refractivity (Wildman–Crippen MR) is 93.5 cm³/mol. The van der Waals surface area contributed by atoms with Crippen molar-refractivity contribution in [2.24, 2.45) is 10.7 Å². The number of halogens is 1. The number of guanidine groups is 1. The molecule has 1 heterocycles. The van der Waals surface area contributed by atoms with Crippen molar-refractivity contribution in [3.63, 3.8) is 0 Å². The highest BCUT2D eigenvalue weighted by Crippen LogP contribution is 2.20. The zero-order valence-corrected chi connectivity index (χ0v) is 14.8. The fourth-order valence-electron chi connectivity index (χ4n) is 2.36. The lowest BCUT2D eigenvalue weighted by Crippen LogP contribution is -2.38. The minimum absolute atomic E-state index is 0. The van der Waals surface area contributed by atoms with Gasteiger partial charge in [0.15, 0.2) is 5.96 Å². The van der Waals surface area contributed by atoms with Crippen molar-refractivity contribution in [2.45, 2.75) is 38.3 Å². The summed E-state index contributed by atoms with van der Waals surface area (Å²) < 4.78 is 10.3. The Morgan fingerprint density at radius 2 is 2.05 bits per heavy atom. The SMILES string of the molecule is COc1ccc(CN=C(N)NC2CCCC2)c(OC)n1.I. The van der Waals surface area contributed by atoms with E-state index in [9.17, 15) is 0 Å². The fourth-order valence-corrected chi connectivity index (χ4v) is 2.36. The Hall–Kier alpha value is -1.25. The molecule has 6 nitrogen and oxygen atoms in total. The molecular weight excluding hydrogens is 383 g/mol. The minimum Gasteiger partial charge on any atom is -0.481 e. The lowest BCUT2D eigenvalue weighted by molar-refractivity contribution is 0.361. The Kier molecular flexibility index (Phi) is 7.55. The standard InChI is InChI=1S/C14H22N4O2.HI/c1-19-12-8-7-10(13(18-12)20-2)9-16-14(15)17-11-5-3-4-6-11;/h7-8,11H,3-6,9H2,1-2H3,(H3,15,16,17);1H. The summed E-state index contributed by atoms with van der Waals surface area (Å²) in [5, 5.41) is 3.25. The number of nitrogens with zero attached hydrogens (tertiary/aromatic N) is 2. The van der Waals surface area contributed by atoms with E-state index in [1.54, 1.807) is 20.3 Å². The Morgan fingerprint density at radius 1 is 1.33 bits per heavy atom. The van der Waals surface area contributed by atoms with Crippen molar-refractivity contribution in [3.05, 3.63) is 17.7 Å². The molecule has 1 aromatic rings. The van der Waals surface area contributed by atoms with E-state index in [2.05, 4.69) is 15.3 Å². The first-order valence-corrected chi connectivity index (χ1v) is 6.87. The Morgan fingerprint density at radius 3 is 2.67 bits per heavy atom. The second-order valence-corrected chi connectivity index (χ2v) is 4.85. The molecule has 0 amide bonds. The maximum atomic E-state index is 5.90. The number of nitrogens with two attached hydrogens (primary N) is 1. The van der Waals surface area contributed by atoms with Gasteiger partial charge in [-0.3, -0.25) is 0 Å². The number of pyridine rings is 1. The van der Waals surface area contributed by atoms with Crippen LogP contribution in [0.4, 0.5) is 0 Å². The van der Waals surface area contributed by atoms with Crippen LogP contribution < -0.4 is 20.5 Å². The smallest absolute Gasteiger partial charge is 0.221 e. The van der Waals surface area contributed by atoms with Crippen molar-refractivity contribution in [1.29, 1.82) is 0 Å². The second-order valence-electron chi connectivity index (χ2n) is 4.85. The average Bonchev–Trinajstić information content (AvgIpc) is 2.97. The number of aliphatic imine (C=N–C) groups is 1. The zero-order valence-electron chi connectivity index (χ0n) is 12.5. The van der Waals surface area contributed by atoms with E-state index in [1.807, 2.05) is 6.07 Å². The average molecular weight is 406 g/mol. The lowest BCUT2D eigenvalue weighted by atomic mass is 10.2. The van der Waals surface area contributed by atoms with Gasteiger partial charge in [-0.15, -0.1) is 24.0 Å². The summed E-state index contributed by atoms with van der Waals surface area (Å²) >= 11 is 0. The van der Waals surface area contributed by atoms with E-state index in [4.69, 9.17) is 15.2 Å². The van der Waals surface area contributed by atoms with Crippen molar-refractivity contribution in [1.82, 2.24) is 10.3 Å². The van der Waals surface area contributed by atoms with Crippen molar-refractivity contribution in [3.8, 4) is 11.8 Å². The Balaban J connectivity index is 0.00000220. The number of aromatic nitrogens is 1. The molecule has 1 saturated carbocycles. The van der Waals surface area contributed by atoms with E-state index in [-0.39, 0.29) is 24.0 Å². The largest absolute Gasteiger partial charge is 0.481 e. The maximum absolute atomic E-state index is 5.90. The molecule has 1 aliphatic rings. The number of hydrogen-bond donors (Lipinski definition) is 2. The third-order valence-electron chi connectivity index (χ3n) is 3.44. The summed E-state index contributed by atoms with van der Waals surface area (Å²) in [6, 6.07) is 4.14. The number of nitrogens with one attached hydrogen (secondary N) is 1. The van der Waals surface area contributed by atoms with Gasteiger partial charge < -0.3 is 20.5 Å². The molecular formula is C14H23IN4O2. The molecule has 0 bridgehead atoms. The van der Waals surface area contributed by atoms with Gasteiger partial charge in [0.1, 0.15) is 0 Å². The quantitative estimate of drug-likeness (QED) is 0.445. The van der Waals surface area contributed by atoms with Gasteiger partial charge in [-0.2, -0.15) is 4.98 Å². The lowest BCUT2D eigenvalue weighted by Gasteiger charge is -2.12. The molecule has 2 rings (SSSR count). The van der Waals surface area contributed by atoms with Gasteiger partial charge in [-0.05, 0) is 18.9 Å². The minimum atomic E-state index is 0. The summed E-state index contributed by atoms with van der Waals surface area (Å²) in [5.74, 6) is 1.52. The van der Waals surface area contributed by atoms with Crippen LogP contribution in [0.3, 0.4) is 0 Å². The molecule has 0 unspecified atom stereocenters. The van der Waals surface area contributed by atoms with Crippen LogP contribution >= 0.6 is 24.0 Å². The zero-order chi connectivity index (χ0) is 14.4. The molecule has 1 fully saturated rings. The van der Waals surface area contributed by atoms with E-state index < -0.39 is 0 Å². The first-order valence-electron chi connectivity index (χ1n) is 6.87. The highest BCUT2D eigenvalue weighted by atomic mass is 127. The van der Waals surface area contributed by atoms with Gasteiger partial charge in [0.05, 0.1) is 20.8 Å². The van der Waals surface area contributed by atoms with E-state index in [1.165, 1.54) is 25.7 Å². The van der Waals surface area contributed by atoms with Gasteiger partial charge in [0.25, 0.3) is 0 Å². The normalized spacial score (nSPS) is 15.4. The van der Waals surface area contributed by atoms with Crippen LogP contribution in [0.2, 0.25) is 0 Å². The third kappa shape index (κ3) is 5.22. The van der Waals surface area contributed by atoms with Crippen LogP contribution in [0.5, 0.6) is 11.8 Å². The van der Waals surface area contributed by atoms with Crippen molar-refractivity contribution < 1.29 is 9.47 Å². The molecule has 1 aromatic heterocycles. The van der Waals surface area contributed by atoms with Crippen LogP contribution in [0.1, 0.15) is 31.2 Å². The fraction of sp³-hybridized carbons (Fsp3) is 0.571. The molecule has 1 aliphatic carbocycles. The van der Waals surface area contributed by atoms with Crippen LogP contribution in [-0.2, 0) is 6.54 Å². The molecule has 0 radical (unpaired) electrons. The number of rotatable bonds is 5. The van der Waals surface area contributed by atoms with Crippen LogP contribution in [0.25, 0.3) is 0 Å². The summed E-state index contributed by atoms with van der Waals surface area (Å²) in [4.78, 5) is 8.56. The monoisotopic (exact) mass is 406 g/mol. The highest BCUT2D eigenvalue weighted by Gasteiger charge is 2.15. The molecule has 0 spiro atoms. The van der Waals surface area contributed by atoms with Crippen molar-refractivity contribution in [2.75, 3.05) is 14.2 Å². The summed E-state index contributed by atoms with van der Waals surface area (Å²) in [6.45, 7) is 0.436. The summed E-state index contributed by atoms with van der Waals surface area (Å²) in [5.41, 5.74) is 6.78. The first-order chi connectivity index (χ1) is 9.72. The van der Waals surface area contributed by atoms with E-state index in [0.29, 0.717) is 30.3 Å². The summed E-state index contributed by atoms with van der Waals surface area (Å²) in [7, 11) is 3.15. The van der Waals surface area contributed by atoms with Gasteiger partial charge in [-0.25, -0.2) is 4.99 Å². The van der Waals surface area contributed by atoms with E-state index in [0.717, 1.165) is 5.56 Å². The number of hydrogen-bond acceptors (Lipinski definition) is 4. The van der Waals surface area contributed by atoms with Gasteiger partial charge in [-0.1, -0.05) is 12.8 Å². The van der Waals surface area contributed by atoms with Gasteiger partial charge >= 0.3 is 0 Å². The van der Waals surface area contributed by atoms with Gasteiger partial charge in [0.2, 0.25) is 11.8 Å². The molecule has 3 N–H and O–H groups in total. The molecule has 0 aromatic carbocycles. The molecule has 7 heteroatoms. The number of ether oxygens (including phenoxy) is 2. The number of methoxy groups -OCH3 is 2.